The van der Waals surface area contributed by atoms with E-state index in [0.717, 1.165) is 29.8 Å². The standard InChI is InChI=1S/C20H24N2O/c1-15(13-21(2)3)16-9-11-18(12-10-16)22-14-17-7-5-4-6-8-19(17)20(22)23/h4,6-12,15H,5,13-14H2,1-3H3. The summed E-state index contributed by atoms with van der Waals surface area (Å²) in [5, 5.41) is 0. The van der Waals surface area contributed by atoms with Gasteiger partial charge in [0.05, 0.1) is 6.54 Å². The third-order valence-corrected chi connectivity index (χ3v) is 4.46. The largest absolute Gasteiger partial charge is 0.309 e. The van der Waals surface area contributed by atoms with Gasteiger partial charge in [-0.2, -0.15) is 0 Å². The summed E-state index contributed by atoms with van der Waals surface area (Å²) in [6.07, 6.45) is 9.05. The van der Waals surface area contributed by atoms with Gasteiger partial charge in [0.15, 0.2) is 0 Å². The van der Waals surface area contributed by atoms with Gasteiger partial charge in [-0.1, -0.05) is 37.3 Å². The van der Waals surface area contributed by atoms with Crippen LogP contribution >= 0.6 is 0 Å². The Morgan fingerprint density at radius 3 is 2.65 bits per heavy atom. The van der Waals surface area contributed by atoms with Crippen molar-refractivity contribution in [1.82, 2.24) is 4.90 Å². The van der Waals surface area contributed by atoms with E-state index in [4.69, 9.17) is 0 Å². The summed E-state index contributed by atoms with van der Waals surface area (Å²) in [6.45, 7) is 3.93. The molecule has 2 aliphatic rings. The zero-order chi connectivity index (χ0) is 16.4. The molecular weight excluding hydrogens is 284 g/mol. The Balaban J connectivity index is 1.79. The minimum absolute atomic E-state index is 0.108. The van der Waals surface area contributed by atoms with Crippen molar-refractivity contribution in [1.29, 1.82) is 0 Å². The van der Waals surface area contributed by atoms with Gasteiger partial charge in [0.1, 0.15) is 0 Å². The Kier molecular flexibility index (Phi) is 4.49. The first kappa shape index (κ1) is 15.8. The van der Waals surface area contributed by atoms with Crippen molar-refractivity contribution in [3.63, 3.8) is 0 Å². The molecule has 1 saturated heterocycles. The molecule has 1 atom stereocenters. The maximum absolute atomic E-state index is 12.6. The van der Waals surface area contributed by atoms with Crippen LogP contribution in [0.15, 0.2) is 59.7 Å². The van der Waals surface area contributed by atoms with Crippen molar-refractivity contribution < 1.29 is 4.79 Å². The fourth-order valence-corrected chi connectivity index (χ4v) is 3.26. The van der Waals surface area contributed by atoms with E-state index < -0.39 is 0 Å². The summed E-state index contributed by atoms with van der Waals surface area (Å²) in [5.74, 6) is 0.590. The Bertz CT molecular complexity index is 680. The smallest absolute Gasteiger partial charge is 0.258 e. The first-order chi connectivity index (χ1) is 11.1. The third-order valence-electron chi connectivity index (χ3n) is 4.46. The fourth-order valence-electron chi connectivity index (χ4n) is 3.26. The van der Waals surface area contributed by atoms with Gasteiger partial charge in [0.25, 0.3) is 5.91 Å². The average Bonchev–Trinajstić information content (AvgIpc) is 2.71. The van der Waals surface area contributed by atoms with E-state index >= 15 is 0 Å². The van der Waals surface area contributed by atoms with Gasteiger partial charge in [-0.15, -0.1) is 0 Å². The van der Waals surface area contributed by atoms with Crippen molar-refractivity contribution in [3.05, 3.63) is 65.3 Å². The van der Waals surface area contributed by atoms with E-state index in [1.807, 2.05) is 17.1 Å². The van der Waals surface area contributed by atoms with Crippen LogP contribution in [0, 0.1) is 0 Å². The molecule has 1 aliphatic heterocycles. The Hall–Kier alpha value is -2.13. The molecule has 3 heteroatoms. The molecule has 0 bridgehead atoms. The molecule has 1 aromatic rings. The van der Waals surface area contributed by atoms with Crippen LogP contribution in [0.1, 0.15) is 24.8 Å². The predicted octanol–water partition coefficient (Wildman–Crippen LogP) is 3.51. The van der Waals surface area contributed by atoms with Gasteiger partial charge in [-0.05, 0) is 55.8 Å². The van der Waals surface area contributed by atoms with E-state index in [2.05, 4.69) is 62.3 Å². The third kappa shape index (κ3) is 3.30. The molecule has 1 amide bonds. The number of carbonyl (C=O) groups is 1. The normalized spacial score (nSPS) is 18.6. The summed E-state index contributed by atoms with van der Waals surface area (Å²) in [7, 11) is 4.18. The lowest BCUT2D eigenvalue weighted by atomic mass is 10.0. The zero-order valence-electron chi connectivity index (χ0n) is 14.1. The van der Waals surface area contributed by atoms with E-state index in [1.165, 1.54) is 5.56 Å². The van der Waals surface area contributed by atoms with Gasteiger partial charge < -0.3 is 9.80 Å². The number of nitrogens with zero attached hydrogens (tertiary/aromatic N) is 2. The number of allylic oxidation sites excluding steroid dienone is 4. The lowest BCUT2D eigenvalue weighted by Crippen LogP contribution is -2.24. The molecule has 1 fully saturated rings. The van der Waals surface area contributed by atoms with Crippen LogP contribution in [0.4, 0.5) is 5.69 Å². The van der Waals surface area contributed by atoms with E-state index in [0.29, 0.717) is 12.5 Å². The van der Waals surface area contributed by atoms with E-state index in [1.54, 1.807) is 0 Å². The summed E-state index contributed by atoms with van der Waals surface area (Å²) in [6, 6.07) is 8.43. The molecule has 120 valence electrons. The molecule has 1 unspecified atom stereocenters. The maximum Gasteiger partial charge on any atom is 0.258 e. The Morgan fingerprint density at radius 2 is 1.96 bits per heavy atom. The molecule has 0 spiro atoms. The minimum atomic E-state index is 0.108. The van der Waals surface area contributed by atoms with Crippen molar-refractivity contribution in [2.24, 2.45) is 0 Å². The molecule has 1 aliphatic carbocycles. The van der Waals surface area contributed by atoms with Gasteiger partial charge in [0, 0.05) is 17.8 Å². The quantitative estimate of drug-likeness (QED) is 0.850. The summed E-state index contributed by atoms with van der Waals surface area (Å²) >= 11 is 0. The van der Waals surface area contributed by atoms with Crippen LogP contribution in [0.2, 0.25) is 0 Å². The second-order valence-electron chi connectivity index (χ2n) is 6.62. The molecule has 3 nitrogen and oxygen atoms in total. The molecule has 23 heavy (non-hydrogen) atoms. The van der Waals surface area contributed by atoms with Crippen LogP contribution in [0.3, 0.4) is 0 Å². The van der Waals surface area contributed by atoms with Crippen molar-refractivity contribution in [2.75, 3.05) is 32.1 Å². The lowest BCUT2D eigenvalue weighted by Gasteiger charge is -2.19. The number of carbonyl (C=O) groups excluding carboxylic acids is 1. The minimum Gasteiger partial charge on any atom is -0.309 e. The first-order valence-electron chi connectivity index (χ1n) is 8.19. The van der Waals surface area contributed by atoms with Crippen LogP contribution in [0.25, 0.3) is 0 Å². The highest BCUT2D eigenvalue weighted by molar-refractivity contribution is 6.13. The van der Waals surface area contributed by atoms with Crippen molar-refractivity contribution in [2.45, 2.75) is 19.3 Å². The highest BCUT2D eigenvalue weighted by Gasteiger charge is 2.31. The van der Waals surface area contributed by atoms with Gasteiger partial charge in [-0.3, -0.25) is 4.79 Å². The van der Waals surface area contributed by atoms with Crippen LogP contribution in [-0.4, -0.2) is 38.0 Å². The Labute approximate surface area is 138 Å². The molecule has 0 N–H and O–H groups in total. The van der Waals surface area contributed by atoms with Crippen LogP contribution in [0.5, 0.6) is 0 Å². The molecular formula is C20H24N2O. The summed E-state index contributed by atoms with van der Waals surface area (Å²) < 4.78 is 0. The van der Waals surface area contributed by atoms with Crippen molar-refractivity contribution in [3.8, 4) is 0 Å². The molecule has 0 saturated carbocycles. The number of hydrogen-bond acceptors (Lipinski definition) is 2. The number of anilines is 1. The van der Waals surface area contributed by atoms with Crippen molar-refractivity contribution >= 4 is 11.6 Å². The molecule has 3 rings (SSSR count). The summed E-state index contributed by atoms with van der Waals surface area (Å²) in [4.78, 5) is 16.7. The summed E-state index contributed by atoms with van der Waals surface area (Å²) in [5.41, 5.74) is 4.27. The molecule has 1 heterocycles. The number of benzene rings is 1. The topological polar surface area (TPSA) is 23.6 Å². The molecule has 0 radical (unpaired) electrons. The Morgan fingerprint density at radius 1 is 1.22 bits per heavy atom. The maximum atomic E-state index is 12.6. The monoisotopic (exact) mass is 308 g/mol. The zero-order valence-corrected chi connectivity index (χ0v) is 14.1. The van der Waals surface area contributed by atoms with Crippen LogP contribution < -0.4 is 4.90 Å². The number of rotatable bonds is 4. The molecule has 1 aromatic carbocycles. The number of fused-ring (bicyclic) bond motifs is 1. The van der Waals surface area contributed by atoms with Crippen LogP contribution in [-0.2, 0) is 4.79 Å². The first-order valence-corrected chi connectivity index (χ1v) is 8.19. The highest BCUT2D eigenvalue weighted by atomic mass is 16.2. The number of amides is 1. The second kappa shape index (κ2) is 6.55. The lowest BCUT2D eigenvalue weighted by molar-refractivity contribution is -0.114. The number of likely N-dealkylation sites (N-methyl/N-ethyl adjacent to an activating group) is 1. The van der Waals surface area contributed by atoms with E-state index in [-0.39, 0.29) is 5.91 Å². The predicted molar refractivity (Wildman–Crippen MR) is 95.7 cm³/mol. The number of hydrogen-bond donors (Lipinski definition) is 0. The SMILES string of the molecule is CC(CN(C)C)c1ccc(N2CC3=CCC=CC=C3C2=O)cc1. The van der Waals surface area contributed by atoms with Gasteiger partial charge >= 0.3 is 0 Å². The average molecular weight is 308 g/mol. The van der Waals surface area contributed by atoms with Gasteiger partial charge in [-0.25, -0.2) is 0 Å². The van der Waals surface area contributed by atoms with E-state index in [9.17, 15) is 4.79 Å². The molecule has 0 aromatic heterocycles. The van der Waals surface area contributed by atoms with Gasteiger partial charge in [0.2, 0.25) is 0 Å². The fraction of sp³-hybridized carbons (Fsp3) is 0.350. The highest BCUT2D eigenvalue weighted by Crippen LogP contribution is 2.31. The second-order valence-corrected chi connectivity index (χ2v) is 6.62.